The standard InChI is InChI=1S/C32H34O2P2/c33-22-21-29-30(24-35(25-13-5-1-6-14-25)26-15-7-2-8-16-26)32(23-31(29)34)36(27-17-9-3-10-18-27)28-19-11-4-12-20-28/h1-20,29-34H,21-24H2/t29?,30-,31?,32-/m1/s1. The summed E-state index contributed by atoms with van der Waals surface area (Å²) in [4.78, 5) is 0. The van der Waals surface area contributed by atoms with E-state index in [1.54, 1.807) is 0 Å². The van der Waals surface area contributed by atoms with E-state index in [2.05, 4.69) is 121 Å². The van der Waals surface area contributed by atoms with E-state index in [0.717, 1.165) is 12.6 Å². The Kier molecular flexibility index (Phi) is 8.63. The lowest BCUT2D eigenvalue weighted by molar-refractivity contribution is 0.100. The molecule has 4 aromatic rings. The number of hydrogen-bond donors (Lipinski definition) is 2. The van der Waals surface area contributed by atoms with Crippen molar-refractivity contribution in [2.75, 3.05) is 12.8 Å². The first kappa shape index (κ1) is 25.3. The van der Waals surface area contributed by atoms with E-state index < -0.39 is 15.8 Å². The van der Waals surface area contributed by atoms with Crippen LogP contribution in [-0.2, 0) is 0 Å². The van der Waals surface area contributed by atoms with Gasteiger partial charge in [-0.15, -0.1) is 0 Å². The van der Waals surface area contributed by atoms with Gasteiger partial charge in [-0.05, 0) is 73.6 Å². The lowest BCUT2D eigenvalue weighted by Crippen LogP contribution is -2.32. The molecule has 0 heterocycles. The maximum absolute atomic E-state index is 11.4. The highest BCUT2D eigenvalue weighted by Crippen LogP contribution is 2.55. The molecule has 0 aromatic heterocycles. The molecule has 0 radical (unpaired) electrons. The van der Waals surface area contributed by atoms with Gasteiger partial charge in [-0.1, -0.05) is 121 Å². The second-order valence-corrected chi connectivity index (χ2v) is 14.2. The fraction of sp³-hybridized carbons (Fsp3) is 0.250. The molecule has 0 bridgehead atoms. The van der Waals surface area contributed by atoms with Crippen LogP contribution in [0.15, 0.2) is 121 Å². The Balaban J connectivity index is 1.58. The van der Waals surface area contributed by atoms with Crippen molar-refractivity contribution in [3.8, 4) is 0 Å². The zero-order valence-corrected chi connectivity index (χ0v) is 22.3. The number of benzene rings is 4. The second-order valence-electron chi connectivity index (χ2n) is 9.53. The highest BCUT2D eigenvalue weighted by Gasteiger charge is 2.46. The number of rotatable bonds is 9. The van der Waals surface area contributed by atoms with E-state index >= 15 is 0 Å². The van der Waals surface area contributed by atoms with Gasteiger partial charge in [0.1, 0.15) is 0 Å². The minimum atomic E-state index is -0.655. The second kappa shape index (κ2) is 12.3. The van der Waals surface area contributed by atoms with Crippen molar-refractivity contribution >= 4 is 37.1 Å². The monoisotopic (exact) mass is 512 g/mol. The summed E-state index contributed by atoms with van der Waals surface area (Å²) in [5.74, 6) is 0.431. The Morgan fingerprint density at radius 2 is 1.00 bits per heavy atom. The van der Waals surface area contributed by atoms with E-state index in [1.807, 2.05) is 0 Å². The van der Waals surface area contributed by atoms with Crippen molar-refractivity contribution in [1.82, 2.24) is 0 Å². The fourth-order valence-electron chi connectivity index (χ4n) is 5.77. The molecule has 2 nitrogen and oxygen atoms in total. The topological polar surface area (TPSA) is 40.5 Å². The van der Waals surface area contributed by atoms with E-state index in [4.69, 9.17) is 0 Å². The molecule has 5 rings (SSSR count). The summed E-state index contributed by atoms with van der Waals surface area (Å²) >= 11 is 0. The van der Waals surface area contributed by atoms with Crippen molar-refractivity contribution in [1.29, 1.82) is 0 Å². The average molecular weight is 513 g/mol. The highest BCUT2D eigenvalue weighted by molar-refractivity contribution is 7.74. The largest absolute Gasteiger partial charge is 0.396 e. The third-order valence-electron chi connectivity index (χ3n) is 7.41. The predicted octanol–water partition coefficient (Wildman–Crippen LogP) is 5.00. The van der Waals surface area contributed by atoms with Crippen LogP contribution in [0.4, 0.5) is 0 Å². The normalized spacial score (nSPS) is 21.8. The van der Waals surface area contributed by atoms with Gasteiger partial charge in [-0.2, -0.15) is 0 Å². The van der Waals surface area contributed by atoms with Crippen LogP contribution in [-0.4, -0.2) is 34.7 Å². The Bertz CT molecular complexity index is 1110. The molecule has 0 amide bonds. The molecule has 36 heavy (non-hydrogen) atoms. The molecule has 4 atom stereocenters. The maximum atomic E-state index is 11.4. The summed E-state index contributed by atoms with van der Waals surface area (Å²) in [7, 11) is -1.24. The van der Waals surface area contributed by atoms with E-state index in [-0.39, 0.29) is 18.6 Å². The van der Waals surface area contributed by atoms with Crippen LogP contribution >= 0.6 is 15.8 Å². The highest BCUT2D eigenvalue weighted by atomic mass is 31.1. The summed E-state index contributed by atoms with van der Waals surface area (Å²) in [5, 5.41) is 26.9. The molecule has 2 unspecified atom stereocenters. The van der Waals surface area contributed by atoms with Crippen molar-refractivity contribution < 1.29 is 10.2 Å². The molecular weight excluding hydrogens is 478 g/mol. The average Bonchev–Trinajstić information content (AvgIpc) is 3.24. The number of aliphatic hydroxyl groups is 2. The third kappa shape index (κ3) is 5.64. The van der Waals surface area contributed by atoms with Gasteiger partial charge in [-0.3, -0.25) is 0 Å². The minimum absolute atomic E-state index is 0.106. The first-order valence-electron chi connectivity index (χ1n) is 12.8. The SMILES string of the molecule is OCCC1C(O)C[C@@H](P(c2ccccc2)c2ccccc2)[C@@H]1CP(c1ccccc1)c1ccccc1. The lowest BCUT2D eigenvalue weighted by atomic mass is 9.93. The van der Waals surface area contributed by atoms with Crippen molar-refractivity contribution in [2.45, 2.75) is 24.6 Å². The quantitative estimate of drug-likeness (QED) is 0.310. The summed E-state index contributed by atoms with van der Waals surface area (Å²) < 4.78 is 0. The summed E-state index contributed by atoms with van der Waals surface area (Å²) in [6.07, 6.45) is 2.08. The van der Waals surface area contributed by atoms with Gasteiger partial charge in [0.15, 0.2) is 0 Å². The molecule has 2 N–H and O–H groups in total. The Labute approximate surface area is 217 Å². The zero-order chi connectivity index (χ0) is 24.7. The van der Waals surface area contributed by atoms with Crippen LogP contribution in [0.2, 0.25) is 0 Å². The maximum Gasteiger partial charge on any atom is 0.0578 e. The molecule has 1 aliphatic rings. The van der Waals surface area contributed by atoms with Gasteiger partial charge in [0.25, 0.3) is 0 Å². The molecule has 1 saturated carbocycles. The minimum Gasteiger partial charge on any atom is -0.396 e. The first-order valence-corrected chi connectivity index (χ1v) is 15.8. The Morgan fingerprint density at radius 3 is 1.42 bits per heavy atom. The Morgan fingerprint density at radius 1 is 0.583 bits per heavy atom. The fourth-order valence-corrected chi connectivity index (χ4v) is 11.9. The molecule has 4 aromatic carbocycles. The van der Waals surface area contributed by atoms with Gasteiger partial charge in [-0.25, -0.2) is 0 Å². The van der Waals surface area contributed by atoms with Crippen LogP contribution in [0, 0.1) is 11.8 Å². The Hall–Kier alpha value is -2.34. The summed E-state index contributed by atoms with van der Waals surface area (Å²) in [5.41, 5.74) is 0.355. The van der Waals surface area contributed by atoms with Gasteiger partial charge >= 0.3 is 0 Å². The molecular formula is C32H34O2P2. The van der Waals surface area contributed by atoms with Gasteiger partial charge in [0.2, 0.25) is 0 Å². The molecule has 1 fully saturated rings. The number of aliphatic hydroxyl groups excluding tert-OH is 2. The van der Waals surface area contributed by atoms with Gasteiger partial charge in [0.05, 0.1) is 6.10 Å². The molecule has 0 spiro atoms. The smallest absolute Gasteiger partial charge is 0.0578 e. The van der Waals surface area contributed by atoms with Gasteiger partial charge < -0.3 is 10.2 Å². The molecule has 184 valence electrons. The molecule has 0 saturated heterocycles. The molecule has 1 aliphatic carbocycles. The summed E-state index contributed by atoms with van der Waals surface area (Å²) in [6, 6.07) is 43.6. The van der Waals surface area contributed by atoms with E-state index in [1.165, 1.54) is 21.2 Å². The van der Waals surface area contributed by atoms with Crippen molar-refractivity contribution in [2.24, 2.45) is 11.8 Å². The number of hydrogen-bond acceptors (Lipinski definition) is 2. The van der Waals surface area contributed by atoms with E-state index in [0.29, 0.717) is 18.0 Å². The van der Waals surface area contributed by atoms with E-state index in [9.17, 15) is 10.2 Å². The lowest BCUT2D eigenvalue weighted by Gasteiger charge is -2.35. The van der Waals surface area contributed by atoms with Crippen molar-refractivity contribution in [3.05, 3.63) is 121 Å². The van der Waals surface area contributed by atoms with Gasteiger partial charge in [0, 0.05) is 6.61 Å². The van der Waals surface area contributed by atoms with Crippen LogP contribution in [0.3, 0.4) is 0 Å². The summed E-state index contributed by atoms with van der Waals surface area (Å²) in [6.45, 7) is 0.119. The zero-order valence-electron chi connectivity index (χ0n) is 20.5. The van der Waals surface area contributed by atoms with Crippen LogP contribution in [0.25, 0.3) is 0 Å². The van der Waals surface area contributed by atoms with Crippen LogP contribution in [0.5, 0.6) is 0 Å². The third-order valence-corrected chi connectivity index (χ3v) is 13.0. The molecule has 0 aliphatic heterocycles. The first-order chi connectivity index (χ1) is 17.8. The van der Waals surface area contributed by atoms with Crippen molar-refractivity contribution in [3.63, 3.8) is 0 Å². The molecule has 4 heteroatoms. The van der Waals surface area contributed by atoms with Crippen LogP contribution < -0.4 is 21.2 Å². The van der Waals surface area contributed by atoms with Crippen LogP contribution in [0.1, 0.15) is 12.8 Å². The predicted molar refractivity (Wildman–Crippen MR) is 156 cm³/mol.